The van der Waals surface area contributed by atoms with Gasteiger partial charge in [0.15, 0.2) is 11.5 Å². The van der Waals surface area contributed by atoms with Gasteiger partial charge in [0.2, 0.25) is 10.0 Å². The van der Waals surface area contributed by atoms with E-state index in [4.69, 9.17) is 35.7 Å². The van der Waals surface area contributed by atoms with Crippen LogP contribution in [0.5, 0.6) is 17.2 Å². The van der Waals surface area contributed by atoms with E-state index in [1.807, 2.05) is 0 Å². The fourth-order valence-corrected chi connectivity index (χ4v) is 3.52. The SMILES string of the molecule is COc1ccc(C(=O)OCc2cc(Cl)c3c(c2)OCCO3)cc1S(N)(=O)=O. The van der Waals surface area contributed by atoms with Crippen LogP contribution >= 0.6 is 11.6 Å². The molecule has 3 rings (SSSR count). The van der Waals surface area contributed by atoms with Gasteiger partial charge in [-0.3, -0.25) is 0 Å². The Hall–Kier alpha value is -2.49. The van der Waals surface area contributed by atoms with Gasteiger partial charge in [-0.05, 0) is 35.9 Å². The molecule has 0 fully saturated rings. The van der Waals surface area contributed by atoms with Crippen LogP contribution in [0.25, 0.3) is 0 Å². The predicted molar refractivity (Wildman–Crippen MR) is 95.9 cm³/mol. The fourth-order valence-electron chi connectivity index (χ4n) is 2.51. The van der Waals surface area contributed by atoms with E-state index in [0.717, 1.165) is 6.07 Å². The number of hydrogen-bond acceptors (Lipinski definition) is 7. The first kappa shape index (κ1) is 19.3. The van der Waals surface area contributed by atoms with Crippen molar-refractivity contribution in [2.75, 3.05) is 20.3 Å². The van der Waals surface area contributed by atoms with Crippen LogP contribution in [-0.2, 0) is 21.4 Å². The summed E-state index contributed by atoms with van der Waals surface area (Å²) in [6.45, 7) is 0.714. The summed E-state index contributed by atoms with van der Waals surface area (Å²) in [5, 5.41) is 5.49. The summed E-state index contributed by atoms with van der Waals surface area (Å²) in [6.07, 6.45) is 0. The Morgan fingerprint density at radius 3 is 2.67 bits per heavy atom. The quantitative estimate of drug-likeness (QED) is 0.746. The number of carbonyl (C=O) groups excluding carboxylic acids is 1. The van der Waals surface area contributed by atoms with Crippen molar-refractivity contribution in [1.29, 1.82) is 0 Å². The summed E-state index contributed by atoms with van der Waals surface area (Å²) >= 11 is 6.14. The summed E-state index contributed by atoms with van der Waals surface area (Å²) in [5.74, 6) is 0.230. The van der Waals surface area contributed by atoms with Gasteiger partial charge >= 0.3 is 5.97 Å². The fraction of sp³-hybridized carbons (Fsp3) is 0.235. The highest BCUT2D eigenvalue weighted by Crippen LogP contribution is 2.38. The molecule has 8 nitrogen and oxygen atoms in total. The molecule has 0 aliphatic carbocycles. The molecule has 2 N–H and O–H groups in total. The van der Waals surface area contributed by atoms with Crippen molar-refractivity contribution in [2.24, 2.45) is 5.14 Å². The van der Waals surface area contributed by atoms with Crippen LogP contribution in [0.2, 0.25) is 5.02 Å². The number of hydrogen-bond donors (Lipinski definition) is 1. The van der Waals surface area contributed by atoms with Crippen LogP contribution in [0, 0.1) is 0 Å². The van der Waals surface area contributed by atoms with Crippen molar-refractivity contribution in [3.05, 3.63) is 46.5 Å². The monoisotopic (exact) mass is 413 g/mol. The Bertz CT molecular complexity index is 991. The average molecular weight is 414 g/mol. The maximum atomic E-state index is 12.3. The molecule has 1 aliphatic rings. The van der Waals surface area contributed by atoms with E-state index in [9.17, 15) is 13.2 Å². The van der Waals surface area contributed by atoms with Crippen LogP contribution < -0.4 is 19.3 Å². The molecule has 2 aromatic carbocycles. The van der Waals surface area contributed by atoms with Gasteiger partial charge in [-0.15, -0.1) is 0 Å². The second-order valence-electron chi connectivity index (χ2n) is 5.59. The van der Waals surface area contributed by atoms with Gasteiger partial charge in [-0.2, -0.15) is 0 Å². The molecule has 0 atom stereocenters. The maximum Gasteiger partial charge on any atom is 0.338 e. The highest BCUT2D eigenvalue weighted by Gasteiger charge is 2.20. The molecule has 10 heteroatoms. The third-order valence-electron chi connectivity index (χ3n) is 3.73. The van der Waals surface area contributed by atoms with Gasteiger partial charge in [-0.1, -0.05) is 11.6 Å². The van der Waals surface area contributed by atoms with E-state index >= 15 is 0 Å². The summed E-state index contributed by atoms with van der Waals surface area (Å²) in [6, 6.07) is 7.08. The van der Waals surface area contributed by atoms with Crippen molar-refractivity contribution in [3.63, 3.8) is 0 Å². The largest absolute Gasteiger partial charge is 0.495 e. The minimum Gasteiger partial charge on any atom is -0.495 e. The van der Waals surface area contributed by atoms with Crippen molar-refractivity contribution >= 4 is 27.6 Å². The predicted octanol–water partition coefficient (Wildman–Crippen LogP) is 2.12. The van der Waals surface area contributed by atoms with Crippen LogP contribution in [0.15, 0.2) is 35.2 Å². The second-order valence-corrected chi connectivity index (χ2v) is 7.53. The van der Waals surface area contributed by atoms with E-state index in [2.05, 4.69) is 0 Å². The van der Waals surface area contributed by atoms with Gasteiger partial charge < -0.3 is 18.9 Å². The standard InChI is InChI=1S/C17H16ClNO7S/c1-23-13-3-2-11(8-15(13)27(19,21)22)17(20)26-9-10-6-12(18)16-14(7-10)24-4-5-25-16/h2-3,6-8H,4-5,9H2,1H3,(H2,19,21,22). The molecule has 0 spiro atoms. The lowest BCUT2D eigenvalue weighted by Crippen LogP contribution is -2.16. The first-order valence-electron chi connectivity index (χ1n) is 7.75. The molecule has 1 heterocycles. The molecule has 2 aromatic rings. The number of esters is 1. The number of rotatable bonds is 5. The molecule has 1 aliphatic heterocycles. The number of fused-ring (bicyclic) bond motifs is 1. The molecule has 0 bridgehead atoms. The third kappa shape index (κ3) is 4.26. The van der Waals surface area contributed by atoms with Crippen LogP contribution in [0.3, 0.4) is 0 Å². The zero-order valence-electron chi connectivity index (χ0n) is 14.2. The average Bonchev–Trinajstić information content (AvgIpc) is 2.65. The number of sulfonamides is 1. The van der Waals surface area contributed by atoms with Crippen molar-refractivity contribution in [3.8, 4) is 17.2 Å². The summed E-state index contributed by atoms with van der Waals surface area (Å²) in [7, 11) is -2.77. The first-order chi connectivity index (χ1) is 12.8. The van der Waals surface area contributed by atoms with Gasteiger partial charge in [0.25, 0.3) is 0 Å². The van der Waals surface area contributed by atoms with E-state index in [0.29, 0.717) is 35.3 Å². The summed E-state index contributed by atoms with van der Waals surface area (Å²) in [5.41, 5.74) is 0.612. The minimum atomic E-state index is -4.07. The maximum absolute atomic E-state index is 12.3. The molecule has 0 unspecified atom stereocenters. The van der Waals surface area contributed by atoms with E-state index < -0.39 is 16.0 Å². The van der Waals surface area contributed by atoms with Gasteiger partial charge in [0.05, 0.1) is 17.7 Å². The van der Waals surface area contributed by atoms with Gasteiger partial charge in [0, 0.05) is 0 Å². The number of ether oxygens (including phenoxy) is 4. The topological polar surface area (TPSA) is 114 Å². The lowest BCUT2D eigenvalue weighted by molar-refractivity contribution is 0.0471. The zero-order valence-corrected chi connectivity index (χ0v) is 15.8. The number of nitrogens with two attached hydrogens (primary N) is 1. The van der Waals surface area contributed by atoms with Crippen molar-refractivity contribution < 1.29 is 32.2 Å². The van der Waals surface area contributed by atoms with E-state index in [1.165, 1.54) is 19.2 Å². The third-order valence-corrected chi connectivity index (χ3v) is 4.95. The Balaban J connectivity index is 1.78. The van der Waals surface area contributed by atoms with Crippen molar-refractivity contribution in [2.45, 2.75) is 11.5 Å². The molecular weight excluding hydrogens is 398 g/mol. The smallest absolute Gasteiger partial charge is 0.338 e. The first-order valence-corrected chi connectivity index (χ1v) is 9.68. The van der Waals surface area contributed by atoms with Crippen LogP contribution in [0.4, 0.5) is 0 Å². The highest BCUT2D eigenvalue weighted by atomic mass is 35.5. The number of carbonyl (C=O) groups is 1. The van der Waals surface area contributed by atoms with Gasteiger partial charge in [0.1, 0.15) is 30.5 Å². The molecular formula is C17H16ClNO7S. The molecule has 0 amide bonds. The Morgan fingerprint density at radius 2 is 1.96 bits per heavy atom. The Morgan fingerprint density at radius 1 is 1.22 bits per heavy atom. The van der Waals surface area contributed by atoms with Crippen LogP contribution in [-0.4, -0.2) is 34.7 Å². The normalized spacial score (nSPS) is 13.1. The number of primary sulfonamides is 1. The number of halogens is 1. The van der Waals surface area contributed by atoms with Crippen molar-refractivity contribution in [1.82, 2.24) is 0 Å². The lowest BCUT2D eigenvalue weighted by Gasteiger charge is -2.20. The second kappa shape index (κ2) is 7.63. The molecule has 0 radical (unpaired) electrons. The van der Waals surface area contributed by atoms with Crippen LogP contribution in [0.1, 0.15) is 15.9 Å². The summed E-state index contributed by atoms with van der Waals surface area (Å²) in [4.78, 5) is 12.0. The Labute approximate surface area is 160 Å². The molecule has 0 saturated heterocycles. The highest BCUT2D eigenvalue weighted by molar-refractivity contribution is 7.89. The Kier molecular flexibility index (Phi) is 5.45. The lowest BCUT2D eigenvalue weighted by atomic mass is 10.2. The van der Waals surface area contributed by atoms with E-state index in [1.54, 1.807) is 12.1 Å². The number of methoxy groups -OCH3 is 1. The summed E-state index contributed by atoms with van der Waals surface area (Å²) < 4.78 is 44.4. The zero-order chi connectivity index (χ0) is 19.6. The minimum absolute atomic E-state index is 0.0171. The molecule has 144 valence electrons. The molecule has 0 aromatic heterocycles. The molecule has 0 saturated carbocycles. The number of benzene rings is 2. The molecule has 27 heavy (non-hydrogen) atoms. The van der Waals surface area contributed by atoms with E-state index in [-0.39, 0.29) is 22.8 Å². The van der Waals surface area contributed by atoms with Gasteiger partial charge in [-0.25, -0.2) is 18.4 Å².